The first-order valence-electron chi connectivity index (χ1n) is 6.24. The minimum atomic E-state index is -1.05. The van der Waals surface area contributed by atoms with E-state index in [9.17, 15) is 9.59 Å². The summed E-state index contributed by atoms with van der Waals surface area (Å²) in [7, 11) is 0. The number of rotatable bonds is 5. The molecule has 110 valence electrons. The number of carboxylic acid groups (broad SMARTS) is 1. The number of aliphatic carboxylic acids is 1. The lowest BCUT2D eigenvalue weighted by Crippen LogP contribution is -2.43. The fourth-order valence-electron chi connectivity index (χ4n) is 1.85. The average Bonchev–Trinajstić information content (AvgIpc) is 3.03. The second kappa shape index (κ2) is 6.73. The van der Waals surface area contributed by atoms with Gasteiger partial charge in [-0.05, 0) is 30.7 Å². The molecule has 2 heterocycles. The van der Waals surface area contributed by atoms with Crippen molar-refractivity contribution in [1.29, 1.82) is 0 Å². The predicted molar refractivity (Wildman–Crippen MR) is 84.6 cm³/mol. The maximum absolute atomic E-state index is 12.2. The van der Waals surface area contributed by atoms with Gasteiger partial charge < -0.3 is 9.52 Å². The molecular formula is C14H13NO4S2. The molecule has 1 aliphatic heterocycles. The zero-order valence-electron chi connectivity index (χ0n) is 11.2. The van der Waals surface area contributed by atoms with Crippen LogP contribution in [0.3, 0.4) is 0 Å². The number of amides is 1. The first kappa shape index (κ1) is 15.5. The van der Waals surface area contributed by atoms with Crippen LogP contribution in [0.1, 0.15) is 19.1 Å². The van der Waals surface area contributed by atoms with Gasteiger partial charge >= 0.3 is 5.97 Å². The smallest absolute Gasteiger partial charge is 0.326 e. The third-order valence-corrected chi connectivity index (χ3v) is 4.21. The number of furan rings is 1. The van der Waals surface area contributed by atoms with Gasteiger partial charge in [-0.25, -0.2) is 4.79 Å². The van der Waals surface area contributed by atoms with Crippen LogP contribution in [0.15, 0.2) is 39.9 Å². The normalized spacial score (nSPS) is 18.9. The van der Waals surface area contributed by atoms with Gasteiger partial charge in [0, 0.05) is 0 Å². The zero-order valence-corrected chi connectivity index (χ0v) is 12.8. The summed E-state index contributed by atoms with van der Waals surface area (Å²) < 4.78 is 5.40. The van der Waals surface area contributed by atoms with Gasteiger partial charge in [-0.1, -0.05) is 37.0 Å². The lowest BCUT2D eigenvalue weighted by atomic mass is 10.2. The van der Waals surface area contributed by atoms with E-state index in [2.05, 4.69) is 0 Å². The van der Waals surface area contributed by atoms with Gasteiger partial charge in [-0.15, -0.1) is 0 Å². The monoisotopic (exact) mass is 323 g/mol. The van der Waals surface area contributed by atoms with Crippen LogP contribution in [-0.4, -0.2) is 32.2 Å². The molecule has 1 fully saturated rings. The van der Waals surface area contributed by atoms with E-state index in [1.807, 2.05) is 0 Å². The standard InChI is InChI=1S/C14H13NO4S2/c1-2-10(13(17)18)15-12(16)11(21-14(15)20)7-3-5-9-6-4-8-19-9/h3-8,10H,2H2,1H3,(H,17,18)/b5-3+,11-7-. The van der Waals surface area contributed by atoms with Crippen molar-refractivity contribution in [3.05, 3.63) is 41.2 Å². The first-order chi connectivity index (χ1) is 10.0. The van der Waals surface area contributed by atoms with Gasteiger partial charge in [0.05, 0.1) is 11.2 Å². The highest BCUT2D eigenvalue weighted by Crippen LogP contribution is 2.33. The van der Waals surface area contributed by atoms with Crippen molar-refractivity contribution in [2.45, 2.75) is 19.4 Å². The van der Waals surface area contributed by atoms with E-state index in [-0.39, 0.29) is 10.2 Å². The summed E-state index contributed by atoms with van der Waals surface area (Å²) in [5, 5.41) is 9.15. The maximum atomic E-state index is 12.2. The van der Waals surface area contributed by atoms with Crippen molar-refractivity contribution in [3.63, 3.8) is 0 Å². The summed E-state index contributed by atoms with van der Waals surface area (Å²) in [6, 6.07) is 2.63. The second-order valence-electron chi connectivity index (χ2n) is 4.21. The Hall–Kier alpha value is -1.86. The molecular weight excluding hydrogens is 310 g/mol. The van der Waals surface area contributed by atoms with Crippen LogP contribution in [0.2, 0.25) is 0 Å². The predicted octanol–water partition coefficient (Wildman–Crippen LogP) is 2.90. The zero-order chi connectivity index (χ0) is 15.4. The fourth-order valence-corrected chi connectivity index (χ4v) is 3.16. The summed E-state index contributed by atoms with van der Waals surface area (Å²) in [5.41, 5.74) is 0. The Morgan fingerprint density at radius 2 is 2.38 bits per heavy atom. The molecule has 5 nitrogen and oxygen atoms in total. The molecule has 1 aromatic rings. The Kier molecular flexibility index (Phi) is 4.98. The Labute approximate surface area is 131 Å². The van der Waals surface area contributed by atoms with Gasteiger partial charge in [0.2, 0.25) is 0 Å². The van der Waals surface area contributed by atoms with Crippen LogP contribution in [-0.2, 0) is 9.59 Å². The topological polar surface area (TPSA) is 70.8 Å². The van der Waals surface area contributed by atoms with Crippen LogP contribution in [0.5, 0.6) is 0 Å². The Bertz CT molecular complexity index is 619. The molecule has 0 aromatic carbocycles. The molecule has 2 rings (SSSR count). The number of thiocarbonyl (C=S) groups is 1. The fraction of sp³-hybridized carbons (Fsp3) is 0.214. The molecule has 7 heteroatoms. The summed E-state index contributed by atoms with van der Waals surface area (Å²) in [6.07, 6.45) is 6.85. The van der Waals surface area contributed by atoms with E-state index in [0.717, 1.165) is 16.7 Å². The minimum absolute atomic E-state index is 0.270. The van der Waals surface area contributed by atoms with E-state index >= 15 is 0 Å². The molecule has 0 bridgehead atoms. The highest BCUT2D eigenvalue weighted by atomic mass is 32.2. The molecule has 1 N–H and O–H groups in total. The highest BCUT2D eigenvalue weighted by molar-refractivity contribution is 8.26. The number of nitrogens with zero attached hydrogens (tertiary/aromatic N) is 1. The van der Waals surface area contributed by atoms with E-state index in [0.29, 0.717) is 17.1 Å². The van der Waals surface area contributed by atoms with Crippen LogP contribution in [0.25, 0.3) is 6.08 Å². The highest BCUT2D eigenvalue weighted by Gasteiger charge is 2.39. The van der Waals surface area contributed by atoms with Crippen LogP contribution in [0, 0.1) is 0 Å². The van der Waals surface area contributed by atoms with Crippen LogP contribution >= 0.6 is 24.0 Å². The van der Waals surface area contributed by atoms with Gasteiger partial charge in [0.1, 0.15) is 16.1 Å². The van der Waals surface area contributed by atoms with Crippen molar-refractivity contribution >= 4 is 46.3 Å². The van der Waals surface area contributed by atoms with Gasteiger partial charge in [-0.2, -0.15) is 0 Å². The van der Waals surface area contributed by atoms with Crippen molar-refractivity contribution < 1.29 is 19.1 Å². The van der Waals surface area contributed by atoms with Crippen LogP contribution in [0.4, 0.5) is 0 Å². The number of carboxylic acids is 1. The van der Waals surface area contributed by atoms with E-state index in [1.165, 1.54) is 0 Å². The molecule has 0 radical (unpaired) electrons. The lowest BCUT2D eigenvalue weighted by Gasteiger charge is -2.21. The molecule has 21 heavy (non-hydrogen) atoms. The molecule has 0 aliphatic carbocycles. The van der Waals surface area contributed by atoms with Crippen molar-refractivity contribution in [3.8, 4) is 0 Å². The molecule has 0 spiro atoms. The Morgan fingerprint density at radius 3 is 2.95 bits per heavy atom. The third kappa shape index (κ3) is 3.43. The van der Waals surface area contributed by atoms with Crippen LogP contribution < -0.4 is 0 Å². The number of carbonyl (C=O) groups excluding carboxylic acids is 1. The molecule has 1 saturated heterocycles. The summed E-state index contributed by atoms with van der Waals surface area (Å²) >= 11 is 6.21. The summed E-state index contributed by atoms with van der Waals surface area (Å²) in [5.74, 6) is -0.761. The van der Waals surface area contributed by atoms with Gasteiger partial charge in [-0.3, -0.25) is 9.69 Å². The van der Waals surface area contributed by atoms with E-state index < -0.39 is 12.0 Å². The molecule has 1 aromatic heterocycles. The van der Waals surface area contributed by atoms with Crippen molar-refractivity contribution in [2.75, 3.05) is 0 Å². The average molecular weight is 323 g/mol. The van der Waals surface area contributed by atoms with Gasteiger partial charge in [0.15, 0.2) is 0 Å². The number of carbonyl (C=O) groups is 2. The lowest BCUT2D eigenvalue weighted by molar-refractivity contribution is -0.145. The van der Waals surface area contributed by atoms with Gasteiger partial charge in [0.25, 0.3) is 5.91 Å². The van der Waals surface area contributed by atoms with Crippen molar-refractivity contribution in [2.24, 2.45) is 0 Å². The molecule has 0 saturated carbocycles. The first-order valence-corrected chi connectivity index (χ1v) is 7.47. The Balaban J connectivity index is 2.15. The Morgan fingerprint density at radius 1 is 1.62 bits per heavy atom. The van der Waals surface area contributed by atoms with E-state index in [4.69, 9.17) is 21.7 Å². The maximum Gasteiger partial charge on any atom is 0.326 e. The number of hydrogen-bond donors (Lipinski definition) is 1. The number of hydrogen-bond acceptors (Lipinski definition) is 5. The minimum Gasteiger partial charge on any atom is -0.480 e. The second-order valence-corrected chi connectivity index (χ2v) is 5.89. The number of allylic oxidation sites excluding steroid dienone is 2. The molecule has 1 aliphatic rings. The van der Waals surface area contributed by atoms with Crippen molar-refractivity contribution in [1.82, 2.24) is 4.90 Å². The molecule has 1 amide bonds. The summed E-state index contributed by atoms with van der Waals surface area (Å²) in [6.45, 7) is 1.71. The largest absolute Gasteiger partial charge is 0.480 e. The molecule has 1 unspecified atom stereocenters. The molecule has 1 atom stereocenters. The van der Waals surface area contributed by atoms with E-state index in [1.54, 1.807) is 43.5 Å². The SMILES string of the molecule is CCC(C(=O)O)N1C(=O)/C(=C/C=C/c2ccco2)SC1=S. The quantitative estimate of drug-likeness (QED) is 0.663. The number of thioether (sulfide) groups is 1. The summed E-state index contributed by atoms with van der Waals surface area (Å²) in [4.78, 5) is 25.0. The third-order valence-electron chi connectivity index (χ3n) is 2.86.